The Bertz CT molecular complexity index is 552. The van der Waals surface area contributed by atoms with Crippen molar-refractivity contribution in [3.63, 3.8) is 0 Å². The van der Waals surface area contributed by atoms with Crippen LogP contribution in [0.1, 0.15) is 22.1 Å². The van der Waals surface area contributed by atoms with Gasteiger partial charge in [-0.2, -0.15) is 0 Å². The fourth-order valence-corrected chi connectivity index (χ4v) is 3.10. The maximum atomic E-state index is 6.45. The molecule has 0 fully saturated rings. The van der Waals surface area contributed by atoms with Crippen molar-refractivity contribution in [1.82, 2.24) is 0 Å². The molecule has 0 aromatic heterocycles. The first kappa shape index (κ1) is 13.9. The molecule has 0 aliphatic carbocycles. The van der Waals surface area contributed by atoms with Crippen LogP contribution in [0, 0.1) is 6.92 Å². The topological polar surface area (TPSA) is 0 Å². The lowest BCUT2D eigenvalue weighted by atomic mass is 10.0. The van der Waals surface area contributed by atoms with Gasteiger partial charge in [-0.15, -0.1) is 11.6 Å². The fourth-order valence-electron chi connectivity index (χ4n) is 1.87. The first-order valence-corrected chi connectivity index (χ1v) is 7.31. The zero-order valence-corrected chi connectivity index (χ0v) is 13.1. The average molecular weight is 344 g/mol. The molecule has 3 heteroatoms. The van der Waals surface area contributed by atoms with Crippen molar-refractivity contribution >= 4 is 39.1 Å². The lowest BCUT2D eigenvalue weighted by Gasteiger charge is -2.12. The summed E-state index contributed by atoms with van der Waals surface area (Å²) in [4.78, 5) is 0. The van der Waals surface area contributed by atoms with Gasteiger partial charge in [-0.3, -0.25) is 0 Å². The summed E-state index contributed by atoms with van der Waals surface area (Å²) in [7, 11) is 0. The molecule has 0 amide bonds. The molecule has 0 heterocycles. The third kappa shape index (κ3) is 3.50. The highest BCUT2D eigenvalue weighted by Crippen LogP contribution is 2.31. The summed E-state index contributed by atoms with van der Waals surface area (Å²) in [6, 6.07) is 14.2. The van der Waals surface area contributed by atoms with Gasteiger partial charge in [0.2, 0.25) is 0 Å². The minimum Gasteiger partial charge on any atom is -0.117 e. The van der Waals surface area contributed by atoms with Gasteiger partial charge in [0.1, 0.15) is 0 Å². The third-order valence-electron chi connectivity index (χ3n) is 2.80. The Labute approximate surface area is 126 Å². The molecule has 94 valence electrons. The summed E-state index contributed by atoms with van der Waals surface area (Å²) >= 11 is 16.1. The minimum atomic E-state index is -0.104. The summed E-state index contributed by atoms with van der Waals surface area (Å²) in [5, 5.41) is 0.636. The molecule has 0 radical (unpaired) electrons. The number of rotatable bonds is 3. The van der Waals surface area contributed by atoms with Gasteiger partial charge in [0.05, 0.1) is 5.38 Å². The van der Waals surface area contributed by atoms with E-state index < -0.39 is 0 Å². The van der Waals surface area contributed by atoms with Crippen LogP contribution in [0.2, 0.25) is 5.02 Å². The average Bonchev–Trinajstić information content (AvgIpc) is 2.28. The van der Waals surface area contributed by atoms with E-state index in [1.807, 2.05) is 37.3 Å². The van der Waals surface area contributed by atoms with Gasteiger partial charge in [-0.25, -0.2) is 0 Å². The van der Waals surface area contributed by atoms with E-state index in [4.69, 9.17) is 23.2 Å². The molecule has 0 N–H and O–H groups in total. The standard InChI is InChI=1S/C15H13BrCl2/c1-10-5-6-13(14(17)7-10)15(18)9-11-3-2-4-12(16)8-11/h2-8,15H,9H2,1H3. The predicted molar refractivity (Wildman–Crippen MR) is 82.6 cm³/mol. The van der Waals surface area contributed by atoms with Crippen molar-refractivity contribution in [2.24, 2.45) is 0 Å². The second-order valence-electron chi connectivity index (χ2n) is 4.33. The van der Waals surface area contributed by atoms with Crippen molar-refractivity contribution in [2.45, 2.75) is 18.7 Å². The Balaban J connectivity index is 2.19. The SMILES string of the molecule is Cc1ccc(C(Cl)Cc2cccc(Br)c2)c(Cl)c1. The largest absolute Gasteiger partial charge is 0.117 e. The number of alkyl halides is 1. The van der Waals surface area contributed by atoms with Crippen molar-refractivity contribution in [3.05, 3.63) is 68.7 Å². The zero-order valence-electron chi connectivity index (χ0n) is 9.96. The van der Waals surface area contributed by atoms with E-state index in [0.717, 1.165) is 27.0 Å². The summed E-state index contributed by atoms with van der Waals surface area (Å²) in [5.74, 6) is 0. The van der Waals surface area contributed by atoms with Crippen molar-refractivity contribution in [2.75, 3.05) is 0 Å². The van der Waals surface area contributed by atoms with Crippen LogP contribution in [0.4, 0.5) is 0 Å². The van der Waals surface area contributed by atoms with Crippen LogP contribution >= 0.6 is 39.1 Å². The number of aryl methyl sites for hydroxylation is 1. The van der Waals surface area contributed by atoms with Crippen LogP contribution in [-0.4, -0.2) is 0 Å². The van der Waals surface area contributed by atoms with E-state index in [1.165, 1.54) is 5.56 Å². The van der Waals surface area contributed by atoms with E-state index in [1.54, 1.807) is 0 Å². The van der Waals surface area contributed by atoms with Gasteiger partial charge in [-0.05, 0) is 48.2 Å². The molecule has 1 unspecified atom stereocenters. The van der Waals surface area contributed by atoms with Crippen LogP contribution < -0.4 is 0 Å². The second-order valence-corrected chi connectivity index (χ2v) is 6.18. The molecule has 0 nitrogen and oxygen atoms in total. The molecular formula is C15H13BrCl2. The fraction of sp³-hybridized carbons (Fsp3) is 0.200. The van der Waals surface area contributed by atoms with Crippen LogP contribution in [-0.2, 0) is 6.42 Å². The number of hydrogen-bond acceptors (Lipinski definition) is 0. The number of hydrogen-bond donors (Lipinski definition) is 0. The first-order valence-electron chi connectivity index (χ1n) is 5.71. The Kier molecular flexibility index (Phi) is 4.71. The van der Waals surface area contributed by atoms with E-state index in [0.29, 0.717) is 0 Å². The summed E-state index contributed by atoms with van der Waals surface area (Å²) < 4.78 is 1.07. The van der Waals surface area contributed by atoms with Crippen LogP contribution in [0.15, 0.2) is 46.9 Å². The van der Waals surface area contributed by atoms with Crippen LogP contribution in [0.3, 0.4) is 0 Å². The van der Waals surface area contributed by atoms with Gasteiger partial charge >= 0.3 is 0 Å². The minimum absolute atomic E-state index is 0.104. The molecule has 0 bridgehead atoms. The Hall–Kier alpha value is -0.500. The molecule has 1 atom stereocenters. The summed E-state index contributed by atoms with van der Waals surface area (Å²) in [6.45, 7) is 2.02. The maximum Gasteiger partial charge on any atom is 0.0640 e. The lowest BCUT2D eigenvalue weighted by molar-refractivity contribution is 0.918. The Morgan fingerprint density at radius 2 is 1.94 bits per heavy atom. The second kappa shape index (κ2) is 6.10. The maximum absolute atomic E-state index is 6.45. The van der Waals surface area contributed by atoms with E-state index in [-0.39, 0.29) is 5.38 Å². The first-order chi connectivity index (χ1) is 8.56. The highest BCUT2D eigenvalue weighted by molar-refractivity contribution is 9.10. The quantitative estimate of drug-likeness (QED) is 0.605. The van der Waals surface area contributed by atoms with Gasteiger partial charge in [0.25, 0.3) is 0 Å². The van der Waals surface area contributed by atoms with E-state index >= 15 is 0 Å². The lowest BCUT2D eigenvalue weighted by Crippen LogP contribution is -1.97. The van der Waals surface area contributed by atoms with Crippen molar-refractivity contribution < 1.29 is 0 Å². The number of benzene rings is 2. The normalized spacial score (nSPS) is 12.4. The van der Waals surface area contributed by atoms with Gasteiger partial charge in [0, 0.05) is 9.50 Å². The number of halogens is 3. The molecule has 2 rings (SSSR count). The highest BCUT2D eigenvalue weighted by Gasteiger charge is 2.12. The molecule has 0 spiro atoms. The monoisotopic (exact) mass is 342 g/mol. The molecule has 0 saturated carbocycles. The van der Waals surface area contributed by atoms with Crippen LogP contribution in [0.25, 0.3) is 0 Å². The smallest absolute Gasteiger partial charge is 0.0640 e. The molecule has 0 aliphatic heterocycles. The van der Waals surface area contributed by atoms with Gasteiger partial charge in [0.15, 0.2) is 0 Å². The molecule has 18 heavy (non-hydrogen) atoms. The van der Waals surface area contributed by atoms with Gasteiger partial charge < -0.3 is 0 Å². The molecule has 2 aromatic carbocycles. The van der Waals surface area contributed by atoms with Crippen molar-refractivity contribution in [1.29, 1.82) is 0 Å². The Morgan fingerprint density at radius 1 is 1.17 bits per heavy atom. The third-order valence-corrected chi connectivity index (χ3v) is 4.01. The zero-order chi connectivity index (χ0) is 13.1. The highest BCUT2D eigenvalue weighted by atomic mass is 79.9. The predicted octanol–water partition coefficient (Wildman–Crippen LogP) is 5.93. The molecule has 2 aromatic rings. The van der Waals surface area contributed by atoms with E-state index in [9.17, 15) is 0 Å². The van der Waals surface area contributed by atoms with Crippen molar-refractivity contribution in [3.8, 4) is 0 Å². The van der Waals surface area contributed by atoms with E-state index in [2.05, 4.69) is 28.1 Å². The Morgan fingerprint density at radius 3 is 2.61 bits per heavy atom. The molecular weight excluding hydrogens is 331 g/mol. The summed E-state index contributed by atoms with van der Waals surface area (Å²) in [6.07, 6.45) is 0.768. The summed E-state index contributed by atoms with van der Waals surface area (Å²) in [5.41, 5.74) is 3.33. The van der Waals surface area contributed by atoms with Gasteiger partial charge in [-0.1, -0.05) is 51.8 Å². The van der Waals surface area contributed by atoms with Crippen LogP contribution in [0.5, 0.6) is 0 Å². The molecule has 0 aliphatic rings. The molecule has 0 saturated heterocycles.